The van der Waals surface area contributed by atoms with E-state index in [0.717, 1.165) is 30.1 Å². The number of thioether (sulfide) groups is 1. The summed E-state index contributed by atoms with van der Waals surface area (Å²) in [6.45, 7) is 8.34. The van der Waals surface area contributed by atoms with E-state index in [-0.39, 0.29) is 16.6 Å². The summed E-state index contributed by atoms with van der Waals surface area (Å²) in [6, 6.07) is 5.32. The molecule has 2 rings (SSSR count). The molecule has 1 heterocycles. The molecule has 1 aliphatic rings. The molecule has 0 aromatic heterocycles. The summed E-state index contributed by atoms with van der Waals surface area (Å²) < 4.78 is 14.3. The van der Waals surface area contributed by atoms with Gasteiger partial charge in [-0.3, -0.25) is 0 Å². The fourth-order valence-electron chi connectivity index (χ4n) is 2.59. The van der Waals surface area contributed by atoms with Gasteiger partial charge in [-0.2, -0.15) is 11.8 Å². The molecular formula is C15H23FN2S. The molecule has 1 aliphatic heterocycles. The lowest BCUT2D eigenvalue weighted by atomic mass is 10.0. The van der Waals surface area contributed by atoms with Gasteiger partial charge in [0.05, 0.1) is 0 Å². The van der Waals surface area contributed by atoms with Gasteiger partial charge in [0.15, 0.2) is 0 Å². The van der Waals surface area contributed by atoms with Crippen molar-refractivity contribution in [1.29, 1.82) is 0 Å². The predicted molar refractivity (Wildman–Crippen MR) is 82.5 cm³/mol. The quantitative estimate of drug-likeness (QED) is 0.924. The van der Waals surface area contributed by atoms with E-state index in [4.69, 9.17) is 5.73 Å². The Morgan fingerprint density at radius 1 is 1.47 bits per heavy atom. The molecule has 0 radical (unpaired) electrons. The van der Waals surface area contributed by atoms with Crippen molar-refractivity contribution in [1.82, 2.24) is 0 Å². The molecule has 0 bridgehead atoms. The summed E-state index contributed by atoms with van der Waals surface area (Å²) in [5.41, 5.74) is 7.64. The van der Waals surface area contributed by atoms with Crippen LogP contribution in [0, 0.1) is 5.82 Å². The molecule has 1 aromatic rings. The first-order valence-corrected chi connectivity index (χ1v) is 7.79. The number of benzene rings is 1. The number of halogens is 1. The highest BCUT2D eigenvalue weighted by Gasteiger charge is 2.28. The summed E-state index contributed by atoms with van der Waals surface area (Å²) in [5, 5.41) is 0. The van der Waals surface area contributed by atoms with Gasteiger partial charge in [-0.25, -0.2) is 4.39 Å². The minimum Gasteiger partial charge on any atom is -0.369 e. The van der Waals surface area contributed by atoms with E-state index < -0.39 is 0 Å². The monoisotopic (exact) mass is 282 g/mol. The molecule has 1 unspecified atom stereocenters. The fourth-order valence-corrected chi connectivity index (χ4v) is 3.70. The standard InChI is InChI=1S/C15H23FN2S/c1-11(17)9-12-13(16)5-4-6-14(12)18-7-8-19-15(2,3)10-18/h4-6,11H,7-10,17H2,1-3H3. The lowest BCUT2D eigenvalue weighted by molar-refractivity contribution is 0.588. The maximum Gasteiger partial charge on any atom is 0.128 e. The highest BCUT2D eigenvalue weighted by Crippen LogP contribution is 2.34. The zero-order valence-corrected chi connectivity index (χ0v) is 12.8. The second-order valence-corrected chi connectivity index (χ2v) is 7.75. The first-order chi connectivity index (χ1) is 8.89. The molecule has 4 heteroatoms. The van der Waals surface area contributed by atoms with E-state index in [2.05, 4.69) is 18.7 Å². The molecule has 0 amide bonds. The van der Waals surface area contributed by atoms with Gasteiger partial charge in [0.2, 0.25) is 0 Å². The highest BCUT2D eigenvalue weighted by atomic mass is 32.2. The lowest BCUT2D eigenvalue weighted by Gasteiger charge is -2.40. The van der Waals surface area contributed by atoms with Crippen molar-refractivity contribution in [2.24, 2.45) is 5.73 Å². The van der Waals surface area contributed by atoms with Gasteiger partial charge in [-0.05, 0) is 39.3 Å². The highest BCUT2D eigenvalue weighted by molar-refractivity contribution is 8.00. The van der Waals surface area contributed by atoms with Crippen LogP contribution in [0.15, 0.2) is 18.2 Å². The smallest absolute Gasteiger partial charge is 0.128 e. The molecular weight excluding hydrogens is 259 g/mol. The predicted octanol–water partition coefficient (Wildman–Crippen LogP) is 3.05. The van der Waals surface area contributed by atoms with Crippen LogP contribution in [-0.4, -0.2) is 29.6 Å². The minimum atomic E-state index is -0.133. The summed E-state index contributed by atoms with van der Waals surface area (Å²) in [6.07, 6.45) is 0.589. The lowest BCUT2D eigenvalue weighted by Crippen LogP contribution is -2.43. The van der Waals surface area contributed by atoms with Crippen molar-refractivity contribution in [2.75, 3.05) is 23.7 Å². The fraction of sp³-hybridized carbons (Fsp3) is 0.600. The van der Waals surface area contributed by atoms with Gasteiger partial charge in [-0.15, -0.1) is 0 Å². The van der Waals surface area contributed by atoms with Crippen molar-refractivity contribution < 1.29 is 4.39 Å². The van der Waals surface area contributed by atoms with Gasteiger partial charge >= 0.3 is 0 Å². The molecule has 0 spiro atoms. The Balaban J connectivity index is 2.30. The SMILES string of the molecule is CC(N)Cc1c(F)cccc1N1CCSC(C)(C)C1. The van der Waals surface area contributed by atoms with Crippen molar-refractivity contribution in [3.8, 4) is 0 Å². The van der Waals surface area contributed by atoms with Crippen molar-refractivity contribution in [2.45, 2.75) is 38.0 Å². The molecule has 1 aromatic carbocycles. The van der Waals surface area contributed by atoms with Gasteiger partial charge in [0, 0.05) is 40.9 Å². The largest absolute Gasteiger partial charge is 0.369 e. The molecule has 2 N–H and O–H groups in total. The second-order valence-electron chi connectivity index (χ2n) is 5.95. The average molecular weight is 282 g/mol. The Morgan fingerprint density at radius 3 is 2.84 bits per heavy atom. The first kappa shape index (κ1) is 14.7. The molecule has 1 saturated heterocycles. The number of nitrogens with zero attached hydrogens (tertiary/aromatic N) is 1. The van der Waals surface area contributed by atoms with Crippen molar-refractivity contribution in [3.05, 3.63) is 29.6 Å². The third-order valence-electron chi connectivity index (χ3n) is 3.39. The van der Waals surface area contributed by atoms with Gasteiger partial charge < -0.3 is 10.6 Å². The van der Waals surface area contributed by atoms with Crippen LogP contribution in [0.2, 0.25) is 0 Å². The summed E-state index contributed by atoms with van der Waals surface area (Å²) in [5.74, 6) is 0.951. The summed E-state index contributed by atoms with van der Waals surface area (Å²) in [7, 11) is 0. The van der Waals surface area contributed by atoms with Gasteiger partial charge in [0.25, 0.3) is 0 Å². The maximum atomic E-state index is 14.1. The van der Waals surface area contributed by atoms with Crippen LogP contribution in [0.25, 0.3) is 0 Å². The Morgan fingerprint density at radius 2 is 2.21 bits per heavy atom. The van der Waals surface area contributed by atoms with Crippen LogP contribution in [0.4, 0.5) is 10.1 Å². The molecule has 2 nitrogen and oxygen atoms in total. The van der Waals surface area contributed by atoms with E-state index in [1.807, 2.05) is 24.8 Å². The maximum absolute atomic E-state index is 14.1. The van der Waals surface area contributed by atoms with Crippen LogP contribution >= 0.6 is 11.8 Å². The Kier molecular flexibility index (Phi) is 4.41. The Labute approximate surface area is 119 Å². The van der Waals surface area contributed by atoms with Crippen LogP contribution in [0.3, 0.4) is 0 Å². The van der Waals surface area contributed by atoms with Gasteiger partial charge in [-0.1, -0.05) is 6.07 Å². The number of hydrogen-bond acceptors (Lipinski definition) is 3. The molecule has 1 atom stereocenters. The van der Waals surface area contributed by atoms with Crippen LogP contribution in [-0.2, 0) is 6.42 Å². The third-order valence-corrected chi connectivity index (χ3v) is 4.68. The topological polar surface area (TPSA) is 29.3 Å². The summed E-state index contributed by atoms with van der Waals surface area (Å²) in [4.78, 5) is 2.30. The van der Waals surface area contributed by atoms with E-state index >= 15 is 0 Å². The number of hydrogen-bond donors (Lipinski definition) is 1. The molecule has 106 valence electrons. The molecule has 0 saturated carbocycles. The van der Waals surface area contributed by atoms with E-state index in [9.17, 15) is 4.39 Å². The van der Waals surface area contributed by atoms with Crippen LogP contribution in [0.1, 0.15) is 26.3 Å². The van der Waals surface area contributed by atoms with E-state index in [1.54, 1.807) is 6.07 Å². The zero-order chi connectivity index (χ0) is 14.0. The average Bonchev–Trinajstić information content (AvgIpc) is 2.30. The van der Waals surface area contributed by atoms with Crippen LogP contribution in [0.5, 0.6) is 0 Å². The molecule has 0 aliphatic carbocycles. The number of nitrogens with two attached hydrogens (primary N) is 1. The zero-order valence-electron chi connectivity index (χ0n) is 11.9. The Hall–Kier alpha value is -0.740. The second kappa shape index (κ2) is 5.71. The van der Waals surface area contributed by atoms with E-state index in [0.29, 0.717) is 6.42 Å². The minimum absolute atomic E-state index is 0.0252. The number of rotatable bonds is 3. The number of anilines is 1. The molecule has 1 fully saturated rings. The molecule has 19 heavy (non-hydrogen) atoms. The van der Waals surface area contributed by atoms with E-state index in [1.165, 1.54) is 6.07 Å². The van der Waals surface area contributed by atoms with Crippen molar-refractivity contribution in [3.63, 3.8) is 0 Å². The first-order valence-electron chi connectivity index (χ1n) is 6.81. The van der Waals surface area contributed by atoms with Gasteiger partial charge in [0.1, 0.15) is 5.82 Å². The van der Waals surface area contributed by atoms with Crippen LogP contribution < -0.4 is 10.6 Å². The Bertz CT molecular complexity index is 446. The van der Waals surface area contributed by atoms with Crippen molar-refractivity contribution >= 4 is 17.4 Å². The third kappa shape index (κ3) is 3.63. The summed E-state index contributed by atoms with van der Waals surface area (Å²) >= 11 is 1.98. The normalized spacial score (nSPS) is 20.4.